The molecule has 0 saturated heterocycles. The van der Waals surface area contributed by atoms with Crippen molar-refractivity contribution in [3.05, 3.63) is 78.4 Å². The van der Waals surface area contributed by atoms with Crippen LogP contribution in [0.4, 0.5) is 17.1 Å². The maximum atomic E-state index is 10.7. The Bertz CT molecular complexity index is 866. The first-order valence-electron chi connectivity index (χ1n) is 8.83. The van der Waals surface area contributed by atoms with Crippen LogP contribution in [0.25, 0.3) is 0 Å². The average molecular weight is 362 g/mol. The van der Waals surface area contributed by atoms with E-state index in [0.29, 0.717) is 13.1 Å². The standard InChI is InChI=1S/C22H22N2OS/c1-16-8-2-3-9-18(16)23-14-17(25)15-24-19-10-4-6-12-21(19)26-22-13-7-5-11-20(22)24/h2-13,17,23,25H,14-15H2,1H3/t17-/m1/s1. The summed E-state index contributed by atoms with van der Waals surface area (Å²) in [4.78, 5) is 4.68. The molecule has 0 amide bonds. The summed E-state index contributed by atoms with van der Waals surface area (Å²) in [7, 11) is 0. The molecule has 3 aromatic rings. The van der Waals surface area contributed by atoms with Crippen molar-refractivity contribution < 1.29 is 5.11 Å². The van der Waals surface area contributed by atoms with Gasteiger partial charge >= 0.3 is 0 Å². The lowest BCUT2D eigenvalue weighted by Crippen LogP contribution is -2.34. The van der Waals surface area contributed by atoms with E-state index >= 15 is 0 Å². The Balaban J connectivity index is 1.53. The van der Waals surface area contributed by atoms with Crippen LogP contribution in [0.2, 0.25) is 0 Å². The Hall–Kier alpha value is -2.43. The van der Waals surface area contributed by atoms with Crippen molar-refractivity contribution in [3.63, 3.8) is 0 Å². The van der Waals surface area contributed by atoms with Gasteiger partial charge in [-0.05, 0) is 42.8 Å². The van der Waals surface area contributed by atoms with Crippen molar-refractivity contribution in [2.75, 3.05) is 23.3 Å². The summed E-state index contributed by atoms with van der Waals surface area (Å²) in [6.07, 6.45) is -0.487. The number of anilines is 3. The predicted molar refractivity (Wildman–Crippen MR) is 110 cm³/mol. The Morgan fingerprint density at radius 3 is 2.12 bits per heavy atom. The van der Waals surface area contributed by atoms with E-state index in [0.717, 1.165) is 17.1 Å². The maximum Gasteiger partial charge on any atom is 0.0891 e. The summed E-state index contributed by atoms with van der Waals surface area (Å²) in [6, 6.07) is 24.9. The number of aliphatic hydroxyl groups is 1. The first kappa shape index (κ1) is 17.0. The molecule has 3 nitrogen and oxygen atoms in total. The van der Waals surface area contributed by atoms with Crippen molar-refractivity contribution >= 4 is 28.8 Å². The first-order valence-corrected chi connectivity index (χ1v) is 9.65. The second-order valence-corrected chi connectivity index (χ2v) is 7.58. The second kappa shape index (κ2) is 7.44. The molecule has 2 N–H and O–H groups in total. The monoisotopic (exact) mass is 362 g/mol. The molecule has 1 heterocycles. The number of nitrogens with one attached hydrogen (secondary N) is 1. The number of rotatable bonds is 5. The molecule has 132 valence electrons. The summed E-state index contributed by atoms with van der Waals surface area (Å²) >= 11 is 1.79. The van der Waals surface area contributed by atoms with Gasteiger partial charge in [-0.15, -0.1) is 0 Å². The molecule has 26 heavy (non-hydrogen) atoms. The number of aryl methyl sites for hydroxylation is 1. The predicted octanol–water partition coefficient (Wildman–Crippen LogP) is 5.07. The molecule has 0 radical (unpaired) electrons. The zero-order valence-electron chi connectivity index (χ0n) is 14.7. The third kappa shape index (κ3) is 3.43. The normalized spacial score (nSPS) is 13.7. The highest BCUT2D eigenvalue weighted by molar-refractivity contribution is 7.99. The maximum absolute atomic E-state index is 10.7. The van der Waals surface area contributed by atoms with Crippen LogP contribution in [0.5, 0.6) is 0 Å². The van der Waals surface area contributed by atoms with Crippen LogP contribution in [0.3, 0.4) is 0 Å². The minimum absolute atomic E-state index is 0.487. The van der Waals surface area contributed by atoms with Crippen LogP contribution < -0.4 is 10.2 Å². The van der Waals surface area contributed by atoms with Gasteiger partial charge in [-0.1, -0.05) is 54.2 Å². The largest absolute Gasteiger partial charge is 0.389 e. The van der Waals surface area contributed by atoms with Crippen LogP contribution in [-0.2, 0) is 0 Å². The molecule has 4 heteroatoms. The highest BCUT2D eigenvalue weighted by Crippen LogP contribution is 2.47. The molecule has 1 aliphatic rings. The third-order valence-corrected chi connectivity index (χ3v) is 5.73. The van der Waals surface area contributed by atoms with E-state index in [2.05, 4.69) is 71.7 Å². The van der Waals surface area contributed by atoms with E-state index in [9.17, 15) is 5.11 Å². The van der Waals surface area contributed by atoms with Gasteiger partial charge in [0.2, 0.25) is 0 Å². The van der Waals surface area contributed by atoms with Gasteiger partial charge in [-0.25, -0.2) is 0 Å². The van der Waals surface area contributed by atoms with E-state index in [1.165, 1.54) is 15.4 Å². The van der Waals surface area contributed by atoms with Crippen molar-refractivity contribution in [2.24, 2.45) is 0 Å². The van der Waals surface area contributed by atoms with Crippen LogP contribution in [0.15, 0.2) is 82.6 Å². The highest BCUT2D eigenvalue weighted by Gasteiger charge is 2.24. The molecule has 3 aromatic carbocycles. The van der Waals surface area contributed by atoms with Gasteiger partial charge in [-0.3, -0.25) is 0 Å². The molecule has 0 saturated carbocycles. The number of para-hydroxylation sites is 3. The zero-order valence-corrected chi connectivity index (χ0v) is 15.5. The zero-order chi connectivity index (χ0) is 17.9. The Morgan fingerprint density at radius 2 is 1.46 bits per heavy atom. The topological polar surface area (TPSA) is 35.5 Å². The number of hydrogen-bond donors (Lipinski definition) is 2. The molecule has 1 aliphatic heterocycles. The summed E-state index contributed by atoms with van der Waals surface area (Å²) < 4.78 is 0. The van der Waals surface area contributed by atoms with Crippen LogP contribution in [0.1, 0.15) is 5.56 Å². The fourth-order valence-electron chi connectivity index (χ4n) is 3.25. The van der Waals surface area contributed by atoms with Gasteiger partial charge < -0.3 is 15.3 Å². The molecule has 0 aromatic heterocycles. The lowest BCUT2D eigenvalue weighted by atomic mass is 10.1. The molecule has 1 atom stereocenters. The van der Waals surface area contributed by atoms with E-state index in [1.807, 2.05) is 18.2 Å². The van der Waals surface area contributed by atoms with Gasteiger partial charge in [0.05, 0.1) is 24.0 Å². The number of benzene rings is 3. The van der Waals surface area contributed by atoms with Gasteiger partial charge in [0.1, 0.15) is 0 Å². The van der Waals surface area contributed by atoms with Crippen molar-refractivity contribution in [1.29, 1.82) is 0 Å². The lowest BCUT2D eigenvalue weighted by molar-refractivity contribution is 0.195. The summed E-state index contributed by atoms with van der Waals surface area (Å²) in [6.45, 7) is 3.13. The van der Waals surface area contributed by atoms with Crippen LogP contribution in [-0.4, -0.2) is 24.3 Å². The third-order valence-electron chi connectivity index (χ3n) is 4.60. The fourth-order valence-corrected chi connectivity index (χ4v) is 4.35. The first-order chi connectivity index (χ1) is 12.7. The Morgan fingerprint density at radius 1 is 0.885 bits per heavy atom. The van der Waals surface area contributed by atoms with Gasteiger partial charge in [-0.2, -0.15) is 0 Å². The van der Waals surface area contributed by atoms with Gasteiger partial charge in [0.15, 0.2) is 0 Å². The number of fused-ring (bicyclic) bond motifs is 2. The smallest absolute Gasteiger partial charge is 0.0891 e. The molecule has 0 spiro atoms. The number of nitrogens with zero attached hydrogens (tertiary/aromatic N) is 1. The quantitative estimate of drug-likeness (QED) is 0.664. The molecule has 0 aliphatic carbocycles. The van der Waals surface area contributed by atoms with Crippen molar-refractivity contribution in [3.8, 4) is 0 Å². The molecular weight excluding hydrogens is 340 g/mol. The molecule has 4 rings (SSSR count). The fraction of sp³-hybridized carbons (Fsp3) is 0.182. The molecule has 0 bridgehead atoms. The number of β-amino-alcohol motifs (C(OH)–C–C–N with tert-alkyl or cyclic N) is 1. The summed E-state index contributed by atoms with van der Waals surface area (Å²) in [5.41, 5.74) is 4.57. The second-order valence-electron chi connectivity index (χ2n) is 6.50. The molecule has 0 unspecified atom stereocenters. The summed E-state index contributed by atoms with van der Waals surface area (Å²) in [5, 5.41) is 14.1. The lowest BCUT2D eigenvalue weighted by Gasteiger charge is -2.34. The molecule has 0 fully saturated rings. The minimum atomic E-state index is -0.487. The van der Waals surface area contributed by atoms with Gasteiger partial charge in [0.25, 0.3) is 0 Å². The van der Waals surface area contributed by atoms with E-state index in [4.69, 9.17) is 0 Å². The minimum Gasteiger partial charge on any atom is -0.389 e. The Labute approximate surface area is 158 Å². The van der Waals surface area contributed by atoms with Crippen molar-refractivity contribution in [1.82, 2.24) is 0 Å². The van der Waals surface area contributed by atoms with Gasteiger partial charge in [0, 0.05) is 22.0 Å². The summed E-state index contributed by atoms with van der Waals surface area (Å²) in [5.74, 6) is 0. The molecular formula is C22H22N2OS. The number of aliphatic hydroxyl groups excluding tert-OH is 1. The average Bonchev–Trinajstić information content (AvgIpc) is 2.67. The number of hydrogen-bond acceptors (Lipinski definition) is 4. The van der Waals surface area contributed by atoms with Crippen LogP contribution >= 0.6 is 11.8 Å². The SMILES string of the molecule is Cc1ccccc1NC[C@@H](O)CN1c2ccccc2Sc2ccccc21. The highest BCUT2D eigenvalue weighted by atomic mass is 32.2. The van der Waals surface area contributed by atoms with E-state index in [-0.39, 0.29) is 0 Å². The van der Waals surface area contributed by atoms with E-state index < -0.39 is 6.10 Å². The van der Waals surface area contributed by atoms with E-state index in [1.54, 1.807) is 11.8 Å². The van der Waals surface area contributed by atoms with Crippen molar-refractivity contribution in [2.45, 2.75) is 22.8 Å². The van der Waals surface area contributed by atoms with Crippen LogP contribution in [0, 0.1) is 6.92 Å². The Kier molecular flexibility index (Phi) is 4.87.